The first-order valence-corrected chi connectivity index (χ1v) is 8.03. The number of nitrogens with one attached hydrogen (secondary N) is 1. The van der Waals surface area contributed by atoms with Gasteiger partial charge in [-0.25, -0.2) is 0 Å². The van der Waals surface area contributed by atoms with Crippen LogP contribution in [-0.4, -0.2) is 6.54 Å². The summed E-state index contributed by atoms with van der Waals surface area (Å²) >= 11 is 0. The normalized spacial score (nSPS) is 24.4. The van der Waals surface area contributed by atoms with E-state index < -0.39 is 0 Å². The highest BCUT2D eigenvalue weighted by Gasteiger charge is 2.35. The second kappa shape index (κ2) is 6.56. The number of aryl methyl sites for hydroxylation is 1. The molecule has 1 heteroatoms. The van der Waals surface area contributed by atoms with E-state index in [4.69, 9.17) is 0 Å². The number of rotatable bonds is 4. The molecule has 1 atom stereocenters. The molecule has 1 heterocycles. The quantitative estimate of drug-likeness (QED) is 0.829. The summed E-state index contributed by atoms with van der Waals surface area (Å²) in [5.74, 6) is 0.641. The molecule has 19 heavy (non-hydrogen) atoms. The molecule has 0 aliphatic carbocycles. The average molecular weight is 259 g/mol. The fourth-order valence-corrected chi connectivity index (χ4v) is 3.47. The van der Waals surface area contributed by atoms with E-state index in [0.29, 0.717) is 5.92 Å². The minimum Gasteiger partial charge on any atom is -0.307 e. The molecule has 0 bridgehead atoms. The molecule has 1 aliphatic heterocycles. The van der Waals surface area contributed by atoms with Gasteiger partial charge in [-0.15, -0.1) is 0 Å². The molecular weight excluding hydrogens is 230 g/mol. The van der Waals surface area contributed by atoms with Crippen molar-refractivity contribution in [2.24, 2.45) is 5.92 Å². The molecule has 0 spiro atoms. The van der Waals surface area contributed by atoms with Gasteiger partial charge in [0, 0.05) is 5.54 Å². The van der Waals surface area contributed by atoms with E-state index in [0.717, 1.165) is 6.54 Å². The Balaban J connectivity index is 2.34. The number of benzene rings is 1. The van der Waals surface area contributed by atoms with Gasteiger partial charge in [0.05, 0.1) is 0 Å². The highest BCUT2D eigenvalue weighted by Crippen LogP contribution is 2.37. The van der Waals surface area contributed by atoms with Crippen LogP contribution in [0, 0.1) is 5.92 Å². The summed E-state index contributed by atoms with van der Waals surface area (Å²) < 4.78 is 0. The summed E-state index contributed by atoms with van der Waals surface area (Å²) in [6.45, 7) is 8.15. The Morgan fingerprint density at radius 2 is 2.05 bits per heavy atom. The first-order chi connectivity index (χ1) is 9.19. The summed E-state index contributed by atoms with van der Waals surface area (Å²) in [7, 11) is 0. The first kappa shape index (κ1) is 14.6. The van der Waals surface area contributed by atoms with Crippen LogP contribution in [0.5, 0.6) is 0 Å². The van der Waals surface area contributed by atoms with Crippen molar-refractivity contribution in [2.75, 3.05) is 6.54 Å². The van der Waals surface area contributed by atoms with Gasteiger partial charge in [0.2, 0.25) is 0 Å². The van der Waals surface area contributed by atoms with Crippen molar-refractivity contribution in [1.82, 2.24) is 5.32 Å². The van der Waals surface area contributed by atoms with Gasteiger partial charge in [-0.3, -0.25) is 0 Å². The molecule has 0 radical (unpaired) electrons. The minimum atomic E-state index is 0.195. The Kier molecular flexibility index (Phi) is 5.04. The smallest absolute Gasteiger partial charge is 0.0457 e. The zero-order valence-electron chi connectivity index (χ0n) is 12.8. The maximum absolute atomic E-state index is 3.88. The Hall–Kier alpha value is -0.820. The molecule has 1 N–H and O–H groups in total. The molecular formula is C18H29N. The summed E-state index contributed by atoms with van der Waals surface area (Å²) in [6.07, 6.45) is 7.75. The molecule has 0 saturated carbocycles. The van der Waals surface area contributed by atoms with Crippen LogP contribution in [0.4, 0.5) is 0 Å². The van der Waals surface area contributed by atoms with Gasteiger partial charge in [0.25, 0.3) is 0 Å². The Morgan fingerprint density at radius 1 is 1.21 bits per heavy atom. The molecule has 2 rings (SSSR count). The Labute approximate surface area is 118 Å². The Morgan fingerprint density at radius 3 is 2.79 bits per heavy atom. The van der Waals surface area contributed by atoms with Crippen LogP contribution < -0.4 is 5.32 Å². The standard InChI is InChI=1S/C18H29N/c1-4-9-16-10-8-11-17(14-16)18(15(2)3)12-6-5-7-13-19-18/h8,10-11,14-15,19H,4-7,9,12-13H2,1-3H3. The average Bonchev–Trinajstić information content (AvgIpc) is 2.66. The molecule has 1 aromatic rings. The summed E-state index contributed by atoms with van der Waals surface area (Å²) in [5, 5.41) is 3.88. The second-order valence-electron chi connectivity index (χ2n) is 6.31. The van der Waals surface area contributed by atoms with Crippen LogP contribution in [0.2, 0.25) is 0 Å². The largest absolute Gasteiger partial charge is 0.307 e. The summed E-state index contributed by atoms with van der Waals surface area (Å²) in [4.78, 5) is 0. The third kappa shape index (κ3) is 3.20. The molecule has 1 aliphatic rings. The van der Waals surface area contributed by atoms with E-state index >= 15 is 0 Å². The van der Waals surface area contributed by atoms with Gasteiger partial charge in [0.1, 0.15) is 0 Å². The predicted octanol–water partition coefficient (Wildman–Crippen LogP) is 4.65. The molecule has 0 aromatic heterocycles. The SMILES string of the molecule is CCCc1cccc(C2(C(C)C)CCCCCN2)c1. The minimum absolute atomic E-state index is 0.195. The predicted molar refractivity (Wildman–Crippen MR) is 83.4 cm³/mol. The lowest BCUT2D eigenvalue weighted by molar-refractivity contribution is 0.230. The zero-order chi connectivity index (χ0) is 13.7. The molecule has 1 aromatic carbocycles. The highest BCUT2D eigenvalue weighted by atomic mass is 15.0. The van der Waals surface area contributed by atoms with Gasteiger partial charge >= 0.3 is 0 Å². The van der Waals surface area contributed by atoms with Crippen LogP contribution in [0.1, 0.15) is 64.0 Å². The van der Waals surface area contributed by atoms with Crippen LogP contribution >= 0.6 is 0 Å². The van der Waals surface area contributed by atoms with Crippen LogP contribution in [0.3, 0.4) is 0 Å². The van der Waals surface area contributed by atoms with E-state index in [9.17, 15) is 0 Å². The molecule has 1 nitrogen and oxygen atoms in total. The maximum atomic E-state index is 3.88. The van der Waals surface area contributed by atoms with Crippen molar-refractivity contribution in [2.45, 2.75) is 64.8 Å². The van der Waals surface area contributed by atoms with Crippen molar-refractivity contribution in [3.8, 4) is 0 Å². The zero-order valence-corrected chi connectivity index (χ0v) is 12.8. The monoisotopic (exact) mass is 259 g/mol. The lowest BCUT2D eigenvalue weighted by Gasteiger charge is -2.39. The highest BCUT2D eigenvalue weighted by molar-refractivity contribution is 5.31. The topological polar surface area (TPSA) is 12.0 Å². The van der Waals surface area contributed by atoms with E-state index in [1.807, 2.05) is 0 Å². The lowest BCUT2D eigenvalue weighted by Crippen LogP contribution is -2.46. The number of hydrogen-bond acceptors (Lipinski definition) is 1. The van der Waals surface area contributed by atoms with Crippen LogP contribution in [0.15, 0.2) is 24.3 Å². The lowest BCUT2D eigenvalue weighted by atomic mass is 9.76. The third-order valence-electron chi connectivity index (χ3n) is 4.65. The third-order valence-corrected chi connectivity index (χ3v) is 4.65. The van der Waals surface area contributed by atoms with Gasteiger partial charge < -0.3 is 5.32 Å². The molecule has 1 fully saturated rings. The van der Waals surface area contributed by atoms with Gasteiger partial charge in [-0.1, -0.05) is 64.3 Å². The van der Waals surface area contributed by atoms with Crippen molar-refractivity contribution in [1.29, 1.82) is 0 Å². The van der Waals surface area contributed by atoms with Crippen LogP contribution in [0.25, 0.3) is 0 Å². The van der Waals surface area contributed by atoms with E-state index in [1.54, 1.807) is 0 Å². The summed E-state index contributed by atoms with van der Waals surface area (Å²) in [5.41, 5.74) is 3.20. The van der Waals surface area contributed by atoms with Gasteiger partial charge in [0.15, 0.2) is 0 Å². The van der Waals surface area contributed by atoms with Crippen molar-refractivity contribution >= 4 is 0 Å². The van der Waals surface area contributed by atoms with Gasteiger partial charge in [-0.2, -0.15) is 0 Å². The fraction of sp³-hybridized carbons (Fsp3) is 0.667. The Bertz CT molecular complexity index is 386. The molecule has 1 saturated heterocycles. The first-order valence-electron chi connectivity index (χ1n) is 8.03. The fourth-order valence-electron chi connectivity index (χ4n) is 3.47. The van der Waals surface area contributed by atoms with Gasteiger partial charge in [-0.05, 0) is 42.9 Å². The van der Waals surface area contributed by atoms with Crippen molar-refractivity contribution in [3.05, 3.63) is 35.4 Å². The van der Waals surface area contributed by atoms with E-state index in [1.165, 1.54) is 49.7 Å². The molecule has 1 unspecified atom stereocenters. The molecule has 0 amide bonds. The maximum Gasteiger partial charge on any atom is 0.0457 e. The number of hydrogen-bond donors (Lipinski definition) is 1. The van der Waals surface area contributed by atoms with E-state index in [-0.39, 0.29) is 5.54 Å². The second-order valence-corrected chi connectivity index (χ2v) is 6.31. The van der Waals surface area contributed by atoms with Crippen molar-refractivity contribution < 1.29 is 0 Å². The van der Waals surface area contributed by atoms with Crippen molar-refractivity contribution in [3.63, 3.8) is 0 Å². The molecule has 106 valence electrons. The van der Waals surface area contributed by atoms with E-state index in [2.05, 4.69) is 50.4 Å². The van der Waals surface area contributed by atoms with Crippen LogP contribution in [-0.2, 0) is 12.0 Å². The summed E-state index contributed by atoms with van der Waals surface area (Å²) in [6, 6.07) is 9.30.